The van der Waals surface area contributed by atoms with Gasteiger partial charge in [0, 0.05) is 31.0 Å². The van der Waals surface area contributed by atoms with Crippen molar-refractivity contribution in [3.63, 3.8) is 0 Å². The highest BCUT2D eigenvalue weighted by atomic mass is 16.5. The minimum absolute atomic E-state index is 0.237. The van der Waals surface area contributed by atoms with E-state index in [1.807, 2.05) is 43.1 Å². The SMILES string of the molecule is Cc1cc(N(C=N)C=N)ccc1C(=O)N/C=C/CN(C)c1cccc2c(N)noc12. The molecule has 9 heteroatoms. The lowest BCUT2D eigenvalue weighted by Gasteiger charge is -2.17. The molecule has 1 aromatic heterocycles. The van der Waals surface area contributed by atoms with Crippen molar-refractivity contribution in [2.45, 2.75) is 6.92 Å². The molecular formula is C21H23N7O2. The van der Waals surface area contributed by atoms with Crippen LogP contribution >= 0.6 is 0 Å². The van der Waals surface area contributed by atoms with Crippen LogP contribution < -0.4 is 20.9 Å². The van der Waals surface area contributed by atoms with Gasteiger partial charge in [0.2, 0.25) is 0 Å². The maximum absolute atomic E-state index is 12.5. The van der Waals surface area contributed by atoms with Gasteiger partial charge >= 0.3 is 0 Å². The molecule has 0 saturated heterocycles. The van der Waals surface area contributed by atoms with Crippen molar-refractivity contribution in [2.24, 2.45) is 0 Å². The van der Waals surface area contributed by atoms with E-state index in [1.165, 1.54) is 4.90 Å². The van der Waals surface area contributed by atoms with Crippen molar-refractivity contribution in [2.75, 3.05) is 29.1 Å². The van der Waals surface area contributed by atoms with Gasteiger partial charge in [-0.3, -0.25) is 20.5 Å². The minimum Gasteiger partial charge on any atom is -0.380 e. The Hall–Kier alpha value is -4.14. The van der Waals surface area contributed by atoms with Crippen LogP contribution in [0, 0.1) is 17.7 Å². The van der Waals surface area contributed by atoms with Gasteiger partial charge in [-0.2, -0.15) is 0 Å². The van der Waals surface area contributed by atoms with Crippen LogP contribution in [0.3, 0.4) is 0 Å². The fourth-order valence-corrected chi connectivity index (χ4v) is 3.04. The fourth-order valence-electron chi connectivity index (χ4n) is 3.04. The third kappa shape index (κ3) is 4.14. The van der Waals surface area contributed by atoms with Gasteiger partial charge in [-0.25, -0.2) is 0 Å². The van der Waals surface area contributed by atoms with Crippen molar-refractivity contribution >= 4 is 46.7 Å². The van der Waals surface area contributed by atoms with Gasteiger partial charge in [0.15, 0.2) is 11.4 Å². The highest BCUT2D eigenvalue weighted by molar-refractivity contribution is 6.00. The van der Waals surface area contributed by atoms with E-state index in [2.05, 4.69) is 10.5 Å². The van der Waals surface area contributed by atoms with Gasteiger partial charge in [0.25, 0.3) is 5.91 Å². The summed E-state index contributed by atoms with van der Waals surface area (Å²) in [4.78, 5) is 15.8. The number of carbonyl (C=O) groups excluding carboxylic acids is 1. The number of nitrogens with zero attached hydrogens (tertiary/aromatic N) is 3. The Morgan fingerprint density at radius 2 is 2.03 bits per heavy atom. The minimum atomic E-state index is -0.237. The first-order valence-electron chi connectivity index (χ1n) is 9.17. The van der Waals surface area contributed by atoms with Gasteiger partial charge in [0.05, 0.1) is 23.8 Å². The molecule has 0 saturated carbocycles. The van der Waals surface area contributed by atoms with Crippen LogP contribution in [0.2, 0.25) is 0 Å². The number of nitrogen functional groups attached to an aromatic ring is 1. The number of aromatic nitrogens is 1. The van der Waals surface area contributed by atoms with E-state index in [0.29, 0.717) is 29.2 Å². The van der Waals surface area contributed by atoms with Crippen LogP contribution in [0.15, 0.2) is 53.2 Å². The number of likely N-dealkylation sites (N-methyl/N-ethyl adjacent to an activating group) is 1. The number of hydrogen-bond donors (Lipinski definition) is 4. The Kier molecular flexibility index (Phi) is 6.11. The van der Waals surface area contributed by atoms with Crippen molar-refractivity contribution in [3.8, 4) is 0 Å². The summed E-state index contributed by atoms with van der Waals surface area (Å²) in [5.41, 5.74) is 9.19. The Bertz CT molecular complexity index is 1110. The molecule has 3 rings (SSSR count). The summed E-state index contributed by atoms with van der Waals surface area (Å²) < 4.78 is 5.32. The number of nitrogens with two attached hydrogens (primary N) is 1. The molecule has 0 unspecified atom stereocenters. The summed E-state index contributed by atoms with van der Waals surface area (Å²) in [6.07, 6.45) is 5.50. The smallest absolute Gasteiger partial charge is 0.255 e. The summed E-state index contributed by atoms with van der Waals surface area (Å²) >= 11 is 0. The molecule has 0 aliphatic heterocycles. The van der Waals surface area contributed by atoms with E-state index < -0.39 is 0 Å². The standard InChI is InChI=1S/C21H23N7O2/c1-14-11-15(28(12-22)13-23)7-8-16(14)21(29)25-9-4-10-27(2)18-6-3-5-17-19(18)30-26-20(17)24/h3-9,11-13,22-23H,10H2,1-2H3,(H2,24,26)(H,25,29)/b9-4+,22-12?,23-13?. The Labute approximate surface area is 173 Å². The van der Waals surface area contributed by atoms with Gasteiger partial charge in [-0.1, -0.05) is 11.2 Å². The Balaban J connectivity index is 1.63. The largest absolute Gasteiger partial charge is 0.380 e. The number of benzene rings is 2. The monoisotopic (exact) mass is 405 g/mol. The van der Waals surface area contributed by atoms with Crippen molar-refractivity contribution in [1.29, 1.82) is 10.8 Å². The van der Waals surface area contributed by atoms with Crippen LogP contribution in [0.4, 0.5) is 17.2 Å². The third-order valence-corrected chi connectivity index (χ3v) is 4.66. The van der Waals surface area contributed by atoms with E-state index in [9.17, 15) is 4.79 Å². The Morgan fingerprint density at radius 3 is 2.73 bits per heavy atom. The summed E-state index contributed by atoms with van der Waals surface area (Å²) in [6.45, 7) is 2.34. The maximum atomic E-state index is 12.5. The molecule has 30 heavy (non-hydrogen) atoms. The normalized spacial score (nSPS) is 10.9. The summed E-state index contributed by atoms with van der Waals surface area (Å²) in [5, 5.41) is 21.9. The molecule has 0 fully saturated rings. The van der Waals surface area contributed by atoms with Gasteiger partial charge in [-0.15, -0.1) is 0 Å². The summed E-state index contributed by atoms with van der Waals surface area (Å²) in [5.74, 6) is 0.119. The number of anilines is 3. The second kappa shape index (κ2) is 8.91. The molecule has 0 aliphatic rings. The lowest BCUT2D eigenvalue weighted by molar-refractivity contribution is 0.0969. The molecule has 5 N–H and O–H groups in total. The number of rotatable bonds is 8. The number of carbonyl (C=O) groups is 1. The average molecular weight is 405 g/mol. The number of para-hydroxylation sites is 1. The lowest BCUT2D eigenvalue weighted by Crippen LogP contribution is -2.21. The van der Waals surface area contributed by atoms with Crippen molar-refractivity contribution < 1.29 is 9.32 Å². The molecule has 154 valence electrons. The molecule has 0 aliphatic carbocycles. The maximum Gasteiger partial charge on any atom is 0.255 e. The second-order valence-corrected chi connectivity index (χ2v) is 6.64. The first-order chi connectivity index (χ1) is 14.5. The number of amides is 1. The van der Waals surface area contributed by atoms with E-state index >= 15 is 0 Å². The molecule has 0 radical (unpaired) electrons. The lowest BCUT2D eigenvalue weighted by atomic mass is 10.1. The van der Waals surface area contributed by atoms with Crippen LogP contribution in [0.5, 0.6) is 0 Å². The second-order valence-electron chi connectivity index (χ2n) is 6.64. The zero-order chi connectivity index (χ0) is 21.7. The molecular weight excluding hydrogens is 382 g/mol. The zero-order valence-electron chi connectivity index (χ0n) is 16.7. The van der Waals surface area contributed by atoms with Crippen LogP contribution in [-0.2, 0) is 0 Å². The molecule has 0 atom stereocenters. The Morgan fingerprint density at radius 1 is 1.27 bits per heavy atom. The molecule has 0 spiro atoms. The predicted molar refractivity (Wildman–Crippen MR) is 120 cm³/mol. The average Bonchev–Trinajstić information content (AvgIpc) is 3.13. The third-order valence-electron chi connectivity index (χ3n) is 4.66. The molecule has 1 amide bonds. The highest BCUT2D eigenvalue weighted by Gasteiger charge is 2.12. The number of fused-ring (bicyclic) bond motifs is 1. The van der Waals surface area contributed by atoms with Gasteiger partial charge < -0.3 is 20.5 Å². The van der Waals surface area contributed by atoms with E-state index in [4.69, 9.17) is 21.1 Å². The number of hydrogen-bond acceptors (Lipinski definition) is 7. The molecule has 0 bridgehead atoms. The zero-order valence-corrected chi connectivity index (χ0v) is 16.7. The van der Waals surface area contributed by atoms with Crippen LogP contribution in [0.1, 0.15) is 15.9 Å². The number of aryl methyl sites for hydroxylation is 1. The van der Waals surface area contributed by atoms with Crippen molar-refractivity contribution in [3.05, 3.63) is 59.8 Å². The summed E-state index contributed by atoms with van der Waals surface area (Å²) in [7, 11) is 1.90. The van der Waals surface area contributed by atoms with Crippen molar-refractivity contribution in [1.82, 2.24) is 10.5 Å². The molecule has 9 nitrogen and oxygen atoms in total. The first-order valence-corrected chi connectivity index (χ1v) is 9.17. The predicted octanol–water partition coefficient (Wildman–Crippen LogP) is 3.12. The van der Waals surface area contributed by atoms with E-state index in [-0.39, 0.29) is 5.91 Å². The van der Waals surface area contributed by atoms with Gasteiger partial charge in [-0.05, 0) is 48.9 Å². The first kappa shape index (κ1) is 20.6. The quantitative estimate of drug-likeness (QED) is 0.336. The highest BCUT2D eigenvalue weighted by Crippen LogP contribution is 2.29. The van der Waals surface area contributed by atoms with Crippen LogP contribution in [0.25, 0.3) is 11.0 Å². The van der Waals surface area contributed by atoms with E-state index in [1.54, 1.807) is 24.4 Å². The molecule has 2 aromatic carbocycles. The van der Waals surface area contributed by atoms with E-state index in [0.717, 1.165) is 29.3 Å². The fraction of sp³-hybridized carbons (Fsp3) is 0.143. The number of nitrogens with one attached hydrogen (secondary N) is 3. The van der Waals surface area contributed by atoms with Gasteiger partial charge in [0.1, 0.15) is 0 Å². The van der Waals surface area contributed by atoms with Crippen LogP contribution in [-0.4, -0.2) is 37.3 Å². The topological polar surface area (TPSA) is 135 Å². The molecule has 1 heterocycles. The molecule has 3 aromatic rings. The summed E-state index contributed by atoms with van der Waals surface area (Å²) in [6, 6.07) is 10.8.